The lowest BCUT2D eigenvalue weighted by Crippen LogP contribution is -2.53. The molecule has 0 aliphatic rings. The van der Waals surface area contributed by atoms with Crippen LogP contribution in [0.4, 0.5) is 5.69 Å². The molecule has 0 aliphatic heterocycles. The first-order chi connectivity index (χ1) is 18.6. The van der Waals surface area contributed by atoms with Crippen molar-refractivity contribution < 1.29 is 22.7 Å². The van der Waals surface area contributed by atoms with Gasteiger partial charge in [-0.2, -0.15) is 0 Å². The normalized spacial score (nSPS) is 12.0. The van der Waals surface area contributed by atoms with Crippen LogP contribution in [0.25, 0.3) is 0 Å². The van der Waals surface area contributed by atoms with Crippen molar-refractivity contribution in [2.75, 3.05) is 24.0 Å². The second-order valence-electron chi connectivity index (χ2n) is 9.41. The molecule has 1 atom stereocenters. The summed E-state index contributed by atoms with van der Waals surface area (Å²) in [6.45, 7) is 7.46. The van der Waals surface area contributed by atoms with E-state index in [2.05, 4.69) is 5.32 Å². The van der Waals surface area contributed by atoms with Gasteiger partial charge in [-0.15, -0.1) is 0 Å². The third kappa shape index (κ3) is 8.07. The van der Waals surface area contributed by atoms with Crippen molar-refractivity contribution in [1.82, 2.24) is 10.2 Å². The molecule has 39 heavy (non-hydrogen) atoms. The molecule has 1 unspecified atom stereocenters. The van der Waals surface area contributed by atoms with Crippen molar-refractivity contribution in [2.45, 2.75) is 51.1 Å². The highest BCUT2D eigenvalue weighted by molar-refractivity contribution is 7.92. The monoisotopic (exact) mass is 551 g/mol. The summed E-state index contributed by atoms with van der Waals surface area (Å²) >= 11 is 0. The zero-order valence-corrected chi connectivity index (χ0v) is 23.7. The van der Waals surface area contributed by atoms with Crippen LogP contribution in [0.3, 0.4) is 0 Å². The fraction of sp³-hybridized carbons (Fsp3) is 0.333. The smallest absolute Gasteiger partial charge is 0.264 e. The SMILES string of the molecule is CCOc1ccc(N(CC(=O)N(CCc2ccccc2)C(C)C(=O)NC(C)C)S(=O)(=O)c2ccccc2)cc1. The van der Waals surface area contributed by atoms with Crippen LogP contribution in [0.5, 0.6) is 5.75 Å². The van der Waals surface area contributed by atoms with E-state index in [4.69, 9.17) is 4.74 Å². The van der Waals surface area contributed by atoms with Crippen LogP contribution in [0.1, 0.15) is 33.3 Å². The molecule has 2 amide bonds. The number of hydrogen-bond donors (Lipinski definition) is 1. The summed E-state index contributed by atoms with van der Waals surface area (Å²) in [5.41, 5.74) is 1.32. The molecule has 208 valence electrons. The summed E-state index contributed by atoms with van der Waals surface area (Å²) in [5, 5.41) is 2.86. The number of sulfonamides is 1. The first kappa shape index (κ1) is 29.7. The first-order valence-electron chi connectivity index (χ1n) is 13.1. The zero-order valence-electron chi connectivity index (χ0n) is 22.9. The number of carbonyl (C=O) groups is 2. The summed E-state index contributed by atoms with van der Waals surface area (Å²) in [7, 11) is -4.10. The second-order valence-corrected chi connectivity index (χ2v) is 11.3. The van der Waals surface area contributed by atoms with Gasteiger partial charge in [-0.3, -0.25) is 13.9 Å². The van der Waals surface area contributed by atoms with Crippen molar-refractivity contribution in [1.29, 1.82) is 0 Å². The Morgan fingerprint density at radius 2 is 1.46 bits per heavy atom. The van der Waals surface area contributed by atoms with E-state index in [1.165, 1.54) is 17.0 Å². The molecule has 0 radical (unpaired) electrons. The van der Waals surface area contributed by atoms with E-state index < -0.39 is 28.5 Å². The minimum Gasteiger partial charge on any atom is -0.494 e. The van der Waals surface area contributed by atoms with Crippen molar-refractivity contribution in [3.05, 3.63) is 90.5 Å². The van der Waals surface area contributed by atoms with Gasteiger partial charge < -0.3 is 15.0 Å². The molecule has 3 aromatic carbocycles. The van der Waals surface area contributed by atoms with E-state index in [-0.39, 0.29) is 23.4 Å². The molecule has 3 rings (SSSR count). The summed E-state index contributed by atoms with van der Waals surface area (Å²) in [5.74, 6) is -0.191. The number of nitrogens with zero attached hydrogens (tertiary/aromatic N) is 2. The molecule has 0 aliphatic carbocycles. The van der Waals surface area contributed by atoms with Gasteiger partial charge in [-0.05, 0) is 76.1 Å². The molecule has 0 saturated heterocycles. The van der Waals surface area contributed by atoms with Gasteiger partial charge >= 0.3 is 0 Å². The minimum absolute atomic E-state index is 0.0631. The molecular formula is C30H37N3O5S. The quantitative estimate of drug-likeness (QED) is 0.342. The fourth-order valence-corrected chi connectivity index (χ4v) is 5.53. The number of rotatable bonds is 13. The van der Waals surface area contributed by atoms with E-state index >= 15 is 0 Å². The van der Waals surface area contributed by atoms with Gasteiger partial charge in [0.2, 0.25) is 11.8 Å². The maximum absolute atomic E-state index is 13.8. The first-order valence-corrected chi connectivity index (χ1v) is 14.5. The van der Waals surface area contributed by atoms with E-state index in [0.717, 1.165) is 9.87 Å². The number of nitrogens with one attached hydrogen (secondary N) is 1. The van der Waals surface area contributed by atoms with Gasteiger partial charge in [0.15, 0.2) is 0 Å². The predicted octanol–water partition coefficient (Wildman–Crippen LogP) is 4.27. The van der Waals surface area contributed by atoms with Gasteiger partial charge in [0, 0.05) is 12.6 Å². The molecular weight excluding hydrogens is 514 g/mol. The highest BCUT2D eigenvalue weighted by atomic mass is 32.2. The molecule has 0 bridgehead atoms. The summed E-state index contributed by atoms with van der Waals surface area (Å²) < 4.78 is 34.1. The molecule has 8 nitrogen and oxygen atoms in total. The predicted molar refractivity (Wildman–Crippen MR) is 153 cm³/mol. The van der Waals surface area contributed by atoms with Gasteiger partial charge in [-0.25, -0.2) is 8.42 Å². The largest absolute Gasteiger partial charge is 0.494 e. The highest BCUT2D eigenvalue weighted by Gasteiger charge is 2.32. The highest BCUT2D eigenvalue weighted by Crippen LogP contribution is 2.26. The van der Waals surface area contributed by atoms with Crippen molar-refractivity contribution in [3.8, 4) is 5.75 Å². The number of benzene rings is 3. The topological polar surface area (TPSA) is 96.0 Å². The van der Waals surface area contributed by atoms with Gasteiger partial charge in [0.05, 0.1) is 17.2 Å². The average molecular weight is 552 g/mol. The molecule has 1 N–H and O–H groups in total. The molecule has 9 heteroatoms. The molecule has 0 saturated carbocycles. The Bertz CT molecular complexity index is 1310. The Morgan fingerprint density at radius 1 is 0.872 bits per heavy atom. The van der Waals surface area contributed by atoms with Crippen LogP contribution in [-0.2, 0) is 26.0 Å². The van der Waals surface area contributed by atoms with Crippen LogP contribution in [-0.4, -0.2) is 56.9 Å². The van der Waals surface area contributed by atoms with Gasteiger partial charge in [-0.1, -0.05) is 48.5 Å². The maximum atomic E-state index is 13.8. The standard InChI is InChI=1S/C30H37N3O5S/c1-5-38-27-18-16-26(17-19-27)33(39(36,37)28-14-10-7-11-15-28)22-29(34)32(24(4)30(35)31-23(2)3)21-20-25-12-8-6-9-13-25/h6-19,23-24H,5,20-22H2,1-4H3,(H,31,35). The van der Waals surface area contributed by atoms with Crippen LogP contribution in [0.15, 0.2) is 89.8 Å². The number of anilines is 1. The summed E-state index contributed by atoms with van der Waals surface area (Å²) in [6.07, 6.45) is 0.514. The fourth-order valence-electron chi connectivity index (χ4n) is 4.10. The van der Waals surface area contributed by atoms with Crippen LogP contribution >= 0.6 is 0 Å². The van der Waals surface area contributed by atoms with Crippen LogP contribution in [0.2, 0.25) is 0 Å². The third-order valence-electron chi connectivity index (χ3n) is 6.13. The van der Waals surface area contributed by atoms with Crippen molar-refractivity contribution in [2.24, 2.45) is 0 Å². The lowest BCUT2D eigenvalue weighted by Gasteiger charge is -2.32. The molecule has 0 aromatic heterocycles. The van der Waals surface area contributed by atoms with Gasteiger partial charge in [0.1, 0.15) is 18.3 Å². The molecule has 0 fully saturated rings. The Morgan fingerprint density at radius 3 is 2.03 bits per heavy atom. The molecule has 0 spiro atoms. The van der Waals surface area contributed by atoms with E-state index in [1.807, 2.05) is 51.1 Å². The Hall–Kier alpha value is -3.85. The average Bonchev–Trinajstić information content (AvgIpc) is 2.93. The molecule has 0 heterocycles. The Balaban J connectivity index is 1.96. The van der Waals surface area contributed by atoms with Crippen LogP contribution in [0, 0.1) is 0 Å². The Labute approximate surface area is 231 Å². The second kappa shape index (κ2) is 13.8. The number of ether oxygens (including phenoxy) is 1. The van der Waals surface area contributed by atoms with E-state index in [1.54, 1.807) is 49.4 Å². The van der Waals surface area contributed by atoms with Crippen LogP contribution < -0.4 is 14.4 Å². The van der Waals surface area contributed by atoms with Gasteiger partial charge in [0.25, 0.3) is 10.0 Å². The number of hydrogen-bond acceptors (Lipinski definition) is 5. The van der Waals surface area contributed by atoms with Crippen molar-refractivity contribution in [3.63, 3.8) is 0 Å². The third-order valence-corrected chi connectivity index (χ3v) is 7.92. The summed E-state index contributed by atoms with van der Waals surface area (Å²) in [4.78, 5) is 28.3. The van der Waals surface area contributed by atoms with Crippen molar-refractivity contribution >= 4 is 27.5 Å². The van der Waals surface area contributed by atoms with E-state index in [0.29, 0.717) is 24.5 Å². The number of carbonyl (C=O) groups excluding carboxylic acids is 2. The lowest BCUT2D eigenvalue weighted by atomic mass is 10.1. The maximum Gasteiger partial charge on any atom is 0.264 e. The molecule has 3 aromatic rings. The zero-order chi connectivity index (χ0) is 28.4. The minimum atomic E-state index is -4.10. The Kier molecular flexibility index (Phi) is 10.5. The lowest BCUT2D eigenvalue weighted by molar-refractivity contribution is -0.139. The van der Waals surface area contributed by atoms with E-state index in [9.17, 15) is 18.0 Å². The number of amides is 2. The summed E-state index contributed by atoms with van der Waals surface area (Å²) in [6, 6.07) is 23.3.